The van der Waals surface area contributed by atoms with Crippen LogP contribution in [-0.4, -0.2) is 54.7 Å². The minimum Gasteiger partial charge on any atom is -0.616 e. The number of aliphatic imine (C=N–C) groups is 1. The second-order valence-electron chi connectivity index (χ2n) is 8.75. The van der Waals surface area contributed by atoms with Crippen molar-refractivity contribution in [3.8, 4) is 0 Å². The number of aliphatic hydroxyl groups is 1. The molecule has 5 rings (SSSR count). The SMILES string of the molecule is COC([O-])=C1C2=Nc3ccccc3C23CC[N+]2(C)C[C@@H]([C@@H](C)O)[C@@H]1C[C@@H]32. The van der Waals surface area contributed by atoms with Crippen molar-refractivity contribution in [3.63, 3.8) is 0 Å². The Kier molecular flexibility index (Phi) is 3.21. The lowest BCUT2D eigenvalue weighted by Crippen LogP contribution is -2.67. The van der Waals surface area contributed by atoms with Crippen LogP contribution in [0.3, 0.4) is 0 Å². The number of allylic oxidation sites excluding steroid dienone is 1. The maximum atomic E-state index is 12.9. The third-order valence-corrected chi connectivity index (χ3v) is 7.65. The van der Waals surface area contributed by atoms with E-state index in [-0.39, 0.29) is 23.2 Å². The van der Waals surface area contributed by atoms with E-state index < -0.39 is 6.10 Å². The van der Waals surface area contributed by atoms with Gasteiger partial charge >= 0.3 is 0 Å². The summed E-state index contributed by atoms with van der Waals surface area (Å²) in [5.74, 6) is -0.182. The van der Waals surface area contributed by atoms with Crippen LogP contribution in [0.4, 0.5) is 5.69 Å². The van der Waals surface area contributed by atoms with E-state index in [0.29, 0.717) is 6.04 Å². The third-order valence-electron chi connectivity index (χ3n) is 7.65. The van der Waals surface area contributed by atoms with E-state index in [0.717, 1.165) is 47.4 Å². The lowest BCUT2D eigenvalue weighted by Gasteiger charge is -2.55. The number of likely N-dealkylation sites (N-methyl/N-ethyl adjacent to an activating group) is 1. The smallest absolute Gasteiger partial charge is 0.105 e. The molecule has 0 aromatic heterocycles. The zero-order chi connectivity index (χ0) is 18.3. The van der Waals surface area contributed by atoms with Gasteiger partial charge in [0.2, 0.25) is 0 Å². The number of ether oxygens (including phenoxy) is 1. The molecule has 1 spiro atoms. The minimum absolute atomic E-state index is 0.0259. The van der Waals surface area contributed by atoms with Crippen molar-refractivity contribution >= 4 is 11.4 Å². The van der Waals surface area contributed by atoms with Crippen molar-refractivity contribution in [1.29, 1.82) is 0 Å². The van der Waals surface area contributed by atoms with Gasteiger partial charge in [-0.3, -0.25) is 4.99 Å². The van der Waals surface area contributed by atoms with E-state index in [1.54, 1.807) is 0 Å². The lowest BCUT2D eigenvalue weighted by molar-refractivity contribution is -0.933. The summed E-state index contributed by atoms with van der Waals surface area (Å²) in [5.41, 5.74) is 3.75. The van der Waals surface area contributed by atoms with Crippen LogP contribution < -0.4 is 5.11 Å². The van der Waals surface area contributed by atoms with E-state index in [2.05, 4.69) is 25.2 Å². The maximum Gasteiger partial charge on any atom is 0.105 e. The molecule has 2 saturated heterocycles. The van der Waals surface area contributed by atoms with E-state index in [4.69, 9.17) is 9.73 Å². The maximum absolute atomic E-state index is 12.9. The molecule has 2 unspecified atom stereocenters. The number of hydrogen-bond acceptors (Lipinski definition) is 4. The van der Waals surface area contributed by atoms with Crippen molar-refractivity contribution in [1.82, 2.24) is 0 Å². The number of fused-ring (bicyclic) bond motifs is 2. The number of hydrogen-bond donors (Lipinski definition) is 1. The fourth-order valence-corrected chi connectivity index (χ4v) is 6.53. The Labute approximate surface area is 154 Å². The largest absolute Gasteiger partial charge is 0.616 e. The summed E-state index contributed by atoms with van der Waals surface area (Å²) in [6.45, 7) is 3.82. The zero-order valence-corrected chi connectivity index (χ0v) is 15.6. The van der Waals surface area contributed by atoms with Crippen LogP contribution in [0.1, 0.15) is 25.3 Å². The summed E-state index contributed by atoms with van der Waals surface area (Å²) in [5, 5.41) is 23.4. The molecule has 1 aliphatic carbocycles. The number of benzene rings is 1. The summed E-state index contributed by atoms with van der Waals surface area (Å²) in [6, 6.07) is 8.77. The second kappa shape index (κ2) is 5.11. The third kappa shape index (κ3) is 1.75. The molecule has 1 aromatic carbocycles. The molecule has 3 aliphatic heterocycles. The minimum atomic E-state index is -0.451. The molecule has 2 bridgehead atoms. The molecule has 6 atom stereocenters. The summed E-state index contributed by atoms with van der Waals surface area (Å²) < 4.78 is 6.17. The predicted octanol–water partition coefficient (Wildman–Crippen LogP) is 1.48. The van der Waals surface area contributed by atoms with Crippen LogP contribution in [-0.2, 0) is 10.2 Å². The summed E-state index contributed by atoms with van der Waals surface area (Å²) >= 11 is 0. The molecule has 1 aromatic rings. The van der Waals surface area contributed by atoms with Crippen LogP contribution in [0, 0.1) is 11.8 Å². The standard InChI is InChI=1S/C21H26N2O3/c1-12(24)14-11-23(2)9-8-21-15-6-4-5-7-16(15)22-19(21)18(20(25)26-3)13(14)10-17(21)23/h4-7,12-14,17,24H,8-11H2,1-3H3/t12-,13+,14+,17+,21?,23?/m1/s1. The molecule has 4 aliphatic rings. The lowest BCUT2D eigenvalue weighted by atomic mass is 9.57. The van der Waals surface area contributed by atoms with E-state index in [9.17, 15) is 10.2 Å². The van der Waals surface area contributed by atoms with Crippen LogP contribution in [0.5, 0.6) is 0 Å². The average Bonchev–Trinajstić information content (AvgIpc) is 3.14. The van der Waals surface area contributed by atoms with Gasteiger partial charge in [0.25, 0.3) is 0 Å². The van der Waals surface area contributed by atoms with Gasteiger partial charge in [-0.15, -0.1) is 0 Å². The Morgan fingerprint density at radius 1 is 1.42 bits per heavy atom. The summed E-state index contributed by atoms with van der Waals surface area (Å²) in [7, 11) is 3.78. The highest BCUT2D eigenvalue weighted by atomic mass is 16.6. The van der Waals surface area contributed by atoms with Gasteiger partial charge in [0.05, 0.1) is 49.0 Å². The number of aliphatic hydroxyl groups excluding tert-OH is 1. The van der Waals surface area contributed by atoms with Crippen molar-refractivity contribution in [2.75, 3.05) is 27.2 Å². The van der Waals surface area contributed by atoms with Crippen molar-refractivity contribution in [2.45, 2.75) is 37.3 Å². The molecule has 26 heavy (non-hydrogen) atoms. The molecule has 138 valence electrons. The van der Waals surface area contributed by atoms with Gasteiger partial charge in [-0.05, 0) is 25.7 Å². The number of quaternary nitrogens is 1. The molecule has 5 heteroatoms. The molecule has 3 fully saturated rings. The van der Waals surface area contributed by atoms with Gasteiger partial charge in [0.1, 0.15) is 6.04 Å². The number of para-hydroxylation sites is 1. The first-order valence-corrected chi connectivity index (χ1v) is 9.59. The Bertz CT molecular complexity index is 845. The summed E-state index contributed by atoms with van der Waals surface area (Å²) in [6.07, 6.45) is 1.47. The highest BCUT2D eigenvalue weighted by molar-refractivity contribution is 6.14. The molecular weight excluding hydrogens is 328 g/mol. The van der Waals surface area contributed by atoms with Crippen LogP contribution in [0.2, 0.25) is 0 Å². The Hall–Kier alpha value is -1.85. The van der Waals surface area contributed by atoms with E-state index in [1.807, 2.05) is 13.0 Å². The first-order valence-electron chi connectivity index (χ1n) is 9.59. The molecular formula is C21H26N2O3. The molecule has 0 amide bonds. The highest BCUT2D eigenvalue weighted by Gasteiger charge is 2.69. The number of nitrogens with zero attached hydrogens (tertiary/aromatic N) is 2. The van der Waals surface area contributed by atoms with Gasteiger partial charge in [0, 0.05) is 30.3 Å². The van der Waals surface area contributed by atoms with Crippen LogP contribution >= 0.6 is 0 Å². The molecule has 3 heterocycles. The van der Waals surface area contributed by atoms with Crippen molar-refractivity contribution in [2.24, 2.45) is 16.8 Å². The normalized spacial score (nSPS) is 42.6. The molecule has 5 nitrogen and oxygen atoms in total. The zero-order valence-electron chi connectivity index (χ0n) is 15.6. The average molecular weight is 354 g/mol. The predicted molar refractivity (Wildman–Crippen MR) is 96.9 cm³/mol. The first kappa shape index (κ1) is 16.3. The van der Waals surface area contributed by atoms with Crippen LogP contribution in [0.25, 0.3) is 0 Å². The molecule has 1 saturated carbocycles. The summed E-state index contributed by atoms with van der Waals surface area (Å²) in [4.78, 5) is 4.99. The van der Waals surface area contributed by atoms with Gasteiger partial charge in [0.15, 0.2) is 0 Å². The van der Waals surface area contributed by atoms with Crippen molar-refractivity contribution in [3.05, 3.63) is 41.3 Å². The van der Waals surface area contributed by atoms with Crippen LogP contribution in [0.15, 0.2) is 40.8 Å². The quantitative estimate of drug-likeness (QED) is 0.646. The number of methoxy groups -OCH3 is 1. The Morgan fingerprint density at radius 2 is 2.19 bits per heavy atom. The van der Waals surface area contributed by atoms with Gasteiger partial charge in [-0.25, -0.2) is 0 Å². The second-order valence-corrected chi connectivity index (χ2v) is 8.75. The number of rotatable bonds is 2. The van der Waals surface area contributed by atoms with E-state index in [1.165, 1.54) is 12.7 Å². The monoisotopic (exact) mass is 354 g/mol. The van der Waals surface area contributed by atoms with Gasteiger partial charge in [-0.1, -0.05) is 18.2 Å². The first-order chi connectivity index (χ1) is 12.4. The van der Waals surface area contributed by atoms with Crippen molar-refractivity contribution < 1.29 is 19.4 Å². The Balaban J connectivity index is 1.79. The molecule has 0 radical (unpaired) electrons. The molecule has 1 N–H and O–H groups in total. The number of piperidine rings is 1. The highest BCUT2D eigenvalue weighted by Crippen LogP contribution is 2.62. The Morgan fingerprint density at radius 3 is 2.92 bits per heavy atom. The fraction of sp³-hybridized carbons (Fsp3) is 0.571. The van der Waals surface area contributed by atoms with Gasteiger partial charge in [-0.2, -0.15) is 0 Å². The van der Waals surface area contributed by atoms with Gasteiger partial charge < -0.3 is 19.4 Å². The van der Waals surface area contributed by atoms with E-state index >= 15 is 0 Å². The fourth-order valence-electron chi connectivity index (χ4n) is 6.53. The topological polar surface area (TPSA) is 64.9 Å².